The Balaban J connectivity index is 1.92. The van der Waals surface area contributed by atoms with Gasteiger partial charge in [-0.05, 0) is 59.9 Å². The molecule has 1 unspecified atom stereocenters. The number of Topliss-reactive ketones (excluding diaryl/α,β-unsaturated/α-hetero) is 1. The van der Waals surface area contributed by atoms with Crippen LogP contribution < -0.4 is 0 Å². The summed E-state index contributed by atoms with van der Waals surface area (Å²) in [6, 6.07) is 12.9. The fourth-order valence-corrected chi connectivity index (χ4v) is 3.99. The highest BCUT2D eigenvalue weighted by Gasteiger charge is 2.29. The summed E-state index contributed by atoms with van der Waals surface area (Å²) in [5, 5.41) is 0. The van der Waals surface area contributed by atoms with Crippen molar-refractivity contribution >= 4 is 5.78 Å². The van der Waals surface area contributed by atoms with Crippen molar-refractivity contribution in [1.82, 2.24) is 0 Å². The van der Waals surface area contributed by atoms with Crippen molar-refractivity contribution in [3.63, 3.8) is 0 Å². The number of rotatable bonds is 1. The van der Waals surface area contributed by atoms with Crippen molar-refractivity contribution in [1.29, 1.82) is 0 Å². The van der Waals surface area contributed by atoms with E-state index in [-0.39, 0.29) is 5.92 Å². The van der Waals surface area contributed by atoms with Crippen molar-refractivity contribution < 1.29 is 4.79 Å². The van der Waals surface area contributed by atoms with E-state index in [1.807, 2.05) is 19.1 Å². The summed E-state index contributed by atoms with van der Waals surface area (Å²) < 4.78 is 0. The Bertz CT molecular complexity index is 727. The number of benzene rings is 2. The van der Waals surface area contributed by atoms with Crippen LogP contribution in [0.4, 0.5) is 0 Å². The topological polar surface area (TPSA) is 17.1 Å². The molecule has 0 aromatic heterocycles. The molecule has 2 aromatic rings. The molecular formula is C20H20O. The van der Waals surface area contributed by atoms with Gasteiger partial charge in [0.25, 0.3) is 0 Å². The van der Waals surface area contributed by atoms with Gasteiger partial charge >= 0.3 is 0 Å². The molecular weight excluding hydrogens is 256 g/mol. The largest absolute Gasteiger partial charge is 0.294 e. The predicted molar refractivity (Wildman–Crippen MR) is 85.7 cm³/mol. The zero-order chi connectivity index (χ0) is 14.4. The minimum Gasteiger partial charge on any atom is -0.294 e. The summed E-state index contributed by atoms with van der Waals surface area (Å²) >= 11 is 0. The van der Waals surface area contributed by atoms with Crippen LogP contribution in [0, 0.1) is 5.92 Å². The van der Waals surface area contributed by atoms with E-state index in [1.165, 1.54) is 53.5 Å². The lowest BCUT2D eigenvalue weighted by Crippen LogP contribution is -2.05. The van der Waals surface area contributed by atoms with Crippen molar-refractivity contribution in [2.75, 3.05) is 0 Å². The molecule has 0 saturated heterocycles. The first-order chi connectivity index (χ1) is 10.3. The summed E-state index contributed by atoms with van der Waals surface area (Å²) in [5.41, 5.74) is 7.91. The predicted octanol–water partition coefficient (Wildman–Crippen LogP) is 4.61. The second-order valence-electron chi connectivity index (χ2n) is 6.45. The molecule has 2 aromatic carbocycles. The quantitative estimate of drug-likeness (QED) is 0.743. The highest BCUT2D eigenvalue weighted by molar-refractivity contribution is 6.04. The maximum Gasteiger partial charge on any atom is 0.166 e. The molecule has 2 aliphatic carbocycles. The summed E-state index contributed by atoms with van der Waals surface area (Å²) in [6.45, 7) is 2.05. The third kappa shape index (κ3) is 1.95. The number of fused-ring (bicyclic) bond motifs is 2. The molecule has 1 atom stereocenters. The van der Waals surface area contributed by atoms with E-state index >= 15 is 0 Å². The lowest BCUT2D eigenvalue weighted by molar-refractivity contribution is 0.0946. The molecule has 1 nitrogen and oxygen atoms in total. The van der Waals surface area contributed by atoms with Gasteiger partial charge in [-0.1, -0.05) is 43.3 Å². The lowest BCUT2D eigenvalue weighted by atomic mass is 9.84. The lowest BCUT2D eigenvalue weighted by Gasteiger charge is -2.20. The molecule has 0 aliphatic heterocycles. The first kappa shape index (κ1) is 12.8. The maximum absolute atomic E-state index is 12.3. The Morgan fingerprint density at radius 2 is 1.52 bits per heavy atom. The van der Waals surface area contributed by atoms with E-state index < -0.39 is 0 Å². The first-order valence-electron chi connectivity index (χ1n) is 8.03. The van der Waals surface area contributed by atoms with Crippen LogP contribution >= 0.6 is 0 Å². The van der Waals surface area contributed by atoms with Gasteiger partial charge in [0.1, 0.15) is 0 Å². The molecule has 0 N–H and O–H groups in total. The second-order valence-corrected chi connectivity index (χ2v) is 6.45. The van der Waals surface area contributed by atoms with Gasteiger partial charge in [-0.25, -0.2) is 0 Å². The second kappa shape index (κ2) is 4.84. The first-order valence-corrected chi connectivity index (χ1v) is 8.03. The fraction of sp³-hybridized carbons (Fsp3) is 0.350. The molecule has 0 spiro atoms. The summed E-state index contributed by atoms with van der Waals surface area (Å²) in [7, 11) is 0. The Labute approximate surface area is 126 Å². The van der Waals surface area contributed by atoms with Crippen LogP contribution in [0.5, 0.6) is 0 Å². The summed E-state index contributed by atoms with van der Waals surface area (Å²) in [4.78, 5) is 12.3. The van der Waals surface area contributed by atoms with E-state index in [9.17, 15) is 4.79 Å². The molecule has 2 aliphatic rings. The molecule has 0 heterocycles. The van der Waals surface area contributed by atoms with Crippen LogP contribution in [0.2, 0.25) is 0 Å². The van der Waals surface area contributed by atoms with Gasteiger partial charge in [0.15, 0.2) is 5.78 Å². The molecule has 0 fully saturated rings. The fourth-order valence-electron chi connectivity index (χ4n) is 3.99. The average molecular weight is 276 g/mol. The van der Waals surface area contributed by atoms with Crippen LogP contribution in [0.3, 0.4) is 0 Å². The Hall–Kier alpha value is -1.89. The van der Waals surface area contributed by atoms with Crippen LogP contribution in [0.15, 0.2) is 36.4 Å². The van der Waals surface area contributed by atoms with Gasteiger partial charge < -0.3 is 0 Å². The van der Waals surface area contributed by atoms with Gasteiger partial charge in [0.2, 0.25) is 0 Å². The number of ketones is 1. The van der Waals surface area contributed by atoms with Gasteiger partial charge in [0, 0.05) is 11.5 Å². The number of carbonyl (C=O) groups excluding carboxylic acids is 1. The number of aryl methyl sites for hydroxylation is 1. The van der Waals surface area contributed by atoms with Crippen molar-refractivity contribution in [2.24, 2.45) is 5.92 Å². The molecule has 0 radical (unpaired) electrons. The van der Waals surface area contributed by atoms with Crippen molar-refractivity contribution in [3.8, 4) is 11.1 Å². The van der Waals surface area contributed by atoms with Gasteiger partial charge in [-0.3, -0.25) is 4.79 Å². The smallest absolute Gasteiger partial charge is 0.166 e. The average Bonchev–Trinajstić information content (AvgIpc) is 2.82. The molecule has 1 heteroatoms. The summed E-state index contributed by atoms with van der Waals surface area (Å²) in [5.74, 6) is 0.456. The zero-order valence-electron chi connectivity index (χ0n) is 12.5. The number of carbonyl (C=O) groups is 1. The van der Waals surface area contributed by atoms with E-state index in [0.717, 1.165) is 12.0 Å². The minimum atomic E-state index is 0.140. The number of hydrogen-bond donors (Lipinski definition) is 0. The molecule has 0 bridgehead atoms. The summed E-state index contributed by atoms with van der Waals surface area (Å²) in [6.07, 6.45) is 5.87. The van der Waals surface area contributed by atoms with Crippen LogP contribution in [0.25, 0.3) is 11.1 Å². The van der Waals surface area contributed by atoms with Crippen molar-refractivity contribution in [2.45, 2.75) is 39.0 Å². The Morgan fingerprint density at radius 1 is 0.857 bits per heavy atom. The van der Waals surface area contributed by atoms with Crippen molar-refractivity contribution in [3.05, 3.63) is 58.7 Å². The molecule has 0 saturated carbocycles. The Kier molecular flexibility index (Phi) is 2.95. The van der Waals surface area contributed by atoms with Gasteiger partial charge in [0.05, 0.1) is 0 Å². The molecule has 106 valence electrons. The van der Waals surface area contributed by atoms with E-state index in [1.54, 1.807) is 0 Å². The Morgan fingerprint density at radius 3 is 2.38 bits per heavy atom. The SMILES string of the molecule is CC1Cc2c(cccc2-c2cccc3c2CCCC3)C1=O. The molecule has 0 amide bonds. The molecule has 4 rings (SSSR count). The van der Waals surface area contributed by atoms with Gasteiger partial charge in [-0.15, -0.1) is 0 Å². The third-order valence-electron chi connectivity index (χ3n) is 5.09. The normalized spacial score (nSPS) is 20.2. The highest BCUT2D eigenvalue weighted by atomic mass is 16.1. The van der Waals surface area contributed by atoms with Crippen LogP contribution in [-0.4, -0.2) is 5.78 Å². The maximum atomic E-state index is 12.3. The van der Waals surface area contributed by atoms with E-state index in [2.05, 4.69) is 24.3 Å². The van der Waals surface area contributed by atoms with E-state index in [0.29, 0.717) is 5.78 Å². The van der Waals surface area contributed by atoms with E-state index in [4.69, 9.17) is 0 Å². The zero-order valence-corrected chi connectivity index (χ0v) is 12.5. The van der Waals surface area contributed by atoms with Crippen LogP contribution in [0.1, 0.15) is 46.8 Å². The molecule has 21 heavy (non-hydrogen) atoms. The highest BCUT2D eigenvalue weighted by Crippen LogP contribution is 2.38. The monoisotopic (exact) mass is 276 g/mol. The van der Waals surface area contributed by atoms with Crippen LogP contribution in [-0.2, 0) is 19.3 Å². The third-order valence-corrected chi connectivity index (χ3v) is 5.09. The standard InChI is InChI=1S/C20H20O/c1-13-12-19-17(10-5-11-18(19)20(13)21)16-9-4-7-14-6-2-3-8-15(14)16/h4-5,7,9-11,13H,2-3,6,8,12H2,1H3. The number of hydrogen-bond acceptors (Lipinski definition) is 1. The van der Waals surface area contributed by atoms with Gasteiger partial charge in [-0.2, -0.15) is 0 Å². The minimum absolute atomic E-state index is 0.140.